The molecule has 0 atom stereocenters. The van der Waals surface area contributed by atoms with Crippen LogP contribution >= 0.6 is 0 Å². The van der Waals surface area contributed by atoms with Crippen LogP contribution in [-0.4, -0.2) is 49.1 Å². The van der Waals surface area contributed by atoms with Crippen molar-refractivity contribution in [3.63, 3.8) is 0 Å². The van der Waals surface area contributed by atoms with Gasteiger partial charge < -0.3 is 15.0 Å². The molecule has 0 unspecified atom stereocenters. The summed E-state index contributed by atoms with van der Waals surface area (Å²) >= 11 is 0. The number of benzene rings is 2. The van der Waals surface area contributed by atoms with E-state index < -0.39 is 0 Å². The lowest BCUT2D eigenvalue weighted by Gasteiger charge is -2.34. The maximum atomic E-state index is 12.5. The third-order valence-electron chi connectivity index (χ3n) is 4.55. The van der Waals surface area contributed by atoms with Gasteiger partial charge in [0, 0.05) is 38.4 Å². The van der Waals surface area contributed by atoms with Gasteiger partial charge in [0.15, 0.2) is 0 Å². The van der Waals surface area contributed by atoms with Crippen LogP contribution in [0.3, 0.4) is 0 Å². The minimum absolute atomic E-state index is 0.0380. The van der Waals surface area contributed by atoms with Crippen LogP contribution in [0.5, 0.6) is 5.75 Å². The Balaban J connectivity index is 1.50. The summed E-state index contributed by atoms with van der Waals surface area (Å²) in [5.74, 6) is 0.826. The molecule has 1 aliphatic rings. The Bertz CT molecular complexity index is 710. The quantitative estimate of drug-likeness (QED) is 0.929. The number of hydrogen-bond donors (Lipinski definition) is 1. The van der Waals surface area contributed by atoms with E-state index in [0.717, 1.165) is 49.7 Å². The zero-order chi connectivity index (χ0) is 17.6. The molecule has 5 nitrogen and oxygen atoms in total. The second kappa shape index (κ2) is 8.03. The Hall–Kier alpha value is -2.53. The molecular weight excluding hydrogens is 314 g/mol. The second-order valence-corrected chi connectivity index (χ2v) is 6.36. The summed E-state index contributed by atoms with van der Waals surface area (Å²) < 4.78 is 5.25. The maximum Gasteiger partial charge on any atom is 0.321 e. The molecule has 132 valence electrons. The molecule has 2 amide bonds. The van der Waals surface area contributed by atoms with E-state index in [9.17, 15) is 4.79 Å². The van der Waals surface area contributed by atoms with E-state index in [1.807, 2.05) is 36.1 Å². The van der Waals surface area contributed by atoms with Crippen molar-refractivity contribution in [3.05, 3.63) is 59.7 Å². The van der Waals surface area contributed by atoms with Gasteiger partial charge in [-0.25, -0.2) is 4.79 Å². The number of piperazine rings is 1. The van der Waals surface area contributed by atoms with Gasteiger partial charge in [0.1, 0.15) is 5.75 Å². The van der Waals surface area contributed by atoms with Gasteiger partial charge in [-0.1, -0.05) is 30.3 Å². The van der Waals surface area contributed by atoms with Crippen molar-refractivity contribution in [3.8, 4) is 5.75 Å². The summed E-state index contributed by atoms with van der Waals surface area (Å²) in [4.78, 5) is 16.7. The van der Waals surface area contributed by atoms with E-state index in [2.05, 4.69) is 34.5 Å². The predicted molar refractivity (Wildman–Crippen MR) is 100 cm³/mol. The van der Waals surface area contributed by atoms with E-state index >= 15 is 0 Å². The first kappa shape index (κ1) is 17.3. The van der Waals surface area contributed by atoms with Gasteiger partial charge in [0.2, 0.25) is 0 Å². The van der Waals surface area contributed by atoms with Crippen LogP contribution in [0.4, 0.5) is 10.5 Å². The number of rotatable bonds is 4. The van der Waals surface area contributed by atoms with E-state index in [4.69, 9.17) is 4.74 Å². The molecule has 0 spiro atoms. The highest BCUT2D eigenvalue weighted by atomic mass is 16.5. The molecule has 1 heterocycles. The summed E-state index contributed by atoms with van der Waals surface area (Å²) in [5, 5.41) is 2.98. The van der Waals surface area contributed by atoms with Crippen molar-refractivity contribution in [1.82, 2.24) is 9.80 Å². The number of anilines is 1. The van der Waals surface area contributed by atoms with Crippen LogP contribution in [0, 0.1) is 6.92 Å². The first-order valence-corrected chi connectivity index (χ1v) is 8.62. The van der Waals surface area contributed by atoms with Gasteiger partial charge in [-0.2, -0.15) is 0 Å². The minimum atomic E-state index is -0.0380. The molecule has 2 aromatic carbocycles. The summed E-state index contributed by atoms with van der Waals surface area (Å²) in [7, 11) is 1.65. The summed E-state index contributed by atoms with van der Waals surface area (Å²) in [6.07, 6.45) is 0. The molecule has 25 heavy (non-hydrogen) atoms. The molecule has 5 heteroatoms. The molecule has 0 bridgehead atoms. The molecule has 2 aromatic rings. The Morgan fingerprint density at radius 2 is 1.80 bits per heavy atom. The Labute approximate surface area is 149 Å². The average molecular weight is 339 g/mol. The fourth-order valence-corrected chi connectivity index (χ4v) is 3.11. The molecule has 0 aromatic heterocycles. The van der Waals surface area contributed by atoms with Gasteiger partial charge in [-0.05, 0) is 36.2 Å². The zero-order valence-corrected chi connectivity index (χ0v) is 14.9. The number of amides is 2. The Kier molecular flexibility index (Phi) is 5.56. The summed E-state index contributed by atoms with van der Waals surface area (Å²) in [6, 6.07) is 16.1. The van der Waals surface area contributed by atoms with Crippen LogP contribution in [0.1, 0.15) is 11.1 Å². The van der Waals surface area contributed by atoms with Crippen molar-refractivity contribution in [2.24, 2.45) is 0 Å². The smallest absolute Gasteiger partial charge is 0.321 e. The van der Waals surface area contributed by atoms with Crippen molar-refractivity contribution >= 4 is 11.7 Å². The van der Waals surface area contributed by atoms with Crippen molar-refractivity contribution < 1.29 is 9.53 Å². The molecule has 0 aliphatic carbocycles. The van der Waals surface area contributed by atoms with Gasteiger partial charge in [-0.15, -0.1) is 0 Å². The first-order valence-electron chi connectivity index (χ1n) is 8.62. The van der Waals surface area contributed by atoms with Crippen molar-refractivity contribution in [1.29, 1.82) is 0 Å². The first-order chi connectivity index (χ1) is 12.2. The maximum absolute atomic E-state index is 12.5. The standard InChI is InChI=1S/C20H25N3O2/c1-16-14-18(8-9-19(16)25-2)21-20(24)23-12-10-22(11-13-23)15-17-6-4-3-5-7-17/h3-9,14H,10-13,15H2,1-2H3,(H,21,24). The number of hydrogen-bond acceptors (Lipinski definition) is 3. The Morgan fingerprint density at radius 3 is 2.44 bits per heavy atom. The van der Waals surface area contributed by atoms with Crippen LogP contribution < -0.4 is 10.1 Å². The number of ether oxygens (including phenoxy) is 1. The highest BCUT2D eigenvalue weighted by molar-refractivity contribution is 5.89. The van der Waals surface area contributed by atoms with Gasteiger partial charge in [0.05, 0.1) is 7.11 Å². The normalized spacial score (nSPS) is 15.0. The molecule has 1 saturated heterocycles. The number of urea groups is 1. The third kappa shape index (κ3) is 4.51. The minimum Gasteiger partial charge on any atom is -0.496 e. The Morgan fingerprint density at radius 1 is 1.08 bits per heavy atom. The van der Waals surface area contributed by atoms with Gasteiger partial charge >= 0.3 is 6.03 Å². The molecule has 1 aliphatic heterocycles. The average Bonchev–Trinajstić information content (AvgIpc) is 2.63. The molecule has 0 radical (unpaired) electrons. The predicted octanol–water partition coefficient (Wildman–Crippen LogP) is 3.35. The summed E-state index contributed by atoms with van der Waals surface area (Å²) in [5.41, 5.74) is 3.12. The lowest BCUT2D eigenvalue weighted by molar-refractivity contribution is 0.143. The van der Waals surface area contributed by atoms with E-state index in [0.29, 0.717) is 0 Å². The van der Waals surface area contributed by atoms with Gasteiger partial charge in [0.25, 0.3) is 0 Å². The fraction of sp³-hybridized carbons (Fsp3) is 0.350. The third-order valence-corrected chi connectivity index (χ3v) is 4.55. The van der Waals surface area contributed by atoms with Gasteiger partial charge in [-0.3, -0.25) is 4.90 Å². The van der Waals surface area contributed by atoms with Crippen molar-refractivity contribution in [2.45, 2.75) is 13.5 Å². The lowest BCUT2D eigenvalue weighted by atomic mass is 10.2. The van der Waals surface area contributed by atoms with Crippen molar-refractivity contribution in [2.75, 3.05) is 38.6 Å². The van der Waals surface area contributed by atoms with Crippen LogP contribution in [-0.2, 0) is 6.54 Å². The van der Waals surface area contributed by atoms with Crippen LogP contribution in [0.25, 0.3) is 0 Å². The van der Waals surface area contributed by atoms with Crippen LogP contribution in [0.15, 0.2) is 48.5 Å². The number of aryl methyl sites for hydroxylation is 1. The zero-order valence-electron chi connectivity index (χ0n) is 14.9. The fourth-order valence-electron chi connectivity index (χ4n) is 3.11. The largest absolute Gasteiger partial charge is 0.496 e. The van der Waals surface area contributed by atoms with E-state index in [1.54, 1.807) is 7.11 Å². The number of methoxy groups -OCH3 is 1. The molecular formula is C20H25N3O2. The summed E-state index contributed by atoms with van der Waals surface area (Å²) in [6.45, 7) is 6.18. The molecule has 1 fully saturated rings. The number of carbonyl (C=O) groups is 1. The molecule has 1 N–H and O–H groups in total. The highest BCUT2D eigenvalue weighted by Crippen LogP contribution is 2.21. The SMILES string of the molecule is COc1ccc(NC(=O)N2CCN(Cc3ccccc3)CC2)cc1C. The topological polar surface area (TPSA) is 44.8 Å². The second-order valence-electron chi connectivity index (χ2n) is 6.36. The molecule has 0 saturated carbocycles. The number of nitrogens with zero attached hydrogens (tertiary/aromatic N) is 2. The monoisotopic (exact) mass is 339 g/mol. The molecule has 3 rings (SSSR count). The number of carbonyl (C=O) groups excluding carboxylic acids is 1. The number of nitrogens with one attached hydrogen (secondary N) is 1. The highest BCUT2D eigenvalue weighted by Gasteiger charge is 2.21. The van der Waals surface area contributed by atoms with E-state index in [-0.39, 0.29) is 6.03 Å². The lowest BCUT2D eigenvalue weighted by Crippen LogP contribution is -2.49. The van der Waals surface area contributed by atoms with E-state index in [1.165, 1.54) is 5.56 Å². The van der Waals surface area contributed by atoms with Crippen LogP contribution in [0.2, 0.25) is 0 Å².